The molecule has 3 aromatic rings. The van der Waals surface area contributed by atoms with Crippen molar-refractivity contribution in [1.29, 1.82) is 0 Å². The van der Waals surface area contributed by atoms with Crippen molar-refractivity contribution in [3.8, 4) is 0 Å². The summed E-state index contributed by atoms with van der Waals surface area (Å²) in [5, 5.41) is 12.4. The largest absolute Gasteiger partial charge is 0.368 e. The van der Waals surface area contributed by atoms with E-state index in [1.54, 1.807) is 24.3 Å². The number of carbonyl (C=O) groups is 2. The van der Waals surface area contributed by atoms with E-state index in [9.17, 15) is 9.59 Å². The number of para-hydroxylation sites is 1. The molecular weight excluding hydrogens is 376 g/mol. The number of anilines is 2. The highest BCUT2D eigenvalue weighted by Crippen LogP contribution is 2.17. The summed E-state index contributed by atoms with van der Waals surface area (Å²) in [6.45, 7) is 0.507. The molecule has 0 unspecified atom stereocenters. The second-order valence-corrected chi connectivity index (χ2v) is 6.82. The maximum absolute atomic E-state index is 12.5. The number of nitrogen functional groups attached to an aromatic ring is 1. The number of rotatable bonds is 8. The van der Waals surface area contributed by atoms with Crippen LogP contribution in [0.2, 0.25) is 0 Å². The zero-order chi connectivity index (χ0) is 19.8. The summed E-state index contributed by atoms with van der Waals surface area (Å²) in [4.78, 5) is 28.6. The molecule has 144 valence electrons. The molecule has 0 atom stereocenters. The van der Waals surface area contributed by atoms with Gasteiger partial charge in [-0.05, 0) is 24.1 Å². The Morgan fingerprint density at radius 1 is 1.07 bits per heavy atom. The molecular formula is C19H20N6O2S. The van der Waals surface area contributed by atoms with Gasteiger partial charge in [-0.1, -0.05) is 54.2 Å². The van der Waals surface area contributed by atoms with Crippen molar-refractivity contribution in [2.45, 2.75) is 11.6 Å². The standard InChI is InChI=1S/C19H20N6O2S/c20-18-23-19(25-24-18)28-12-16(26)22-15-9-5-4-8-14(15)17(27)21-11-10-13-6-2-1-3-7-13/h1-9H,10-12H2,(H,21,27)(H,22,26)(H3,20,23,24,25). The molecule has 0 bridgehead atoms. The normalized spacial score (nSPS) is 10.4. The molecule has 28 heavy (non-hydrogen) atoms. The molecule has 9 heteroatoms. The summed E-state index contributed by atoms with van der Waals surface area (Å²) in [7, 11) is 0. The number of nitrogens with one attached hydrogen (secondary N) is 3. The first-order chi connectivity index (χ1) is 13.6. The van der Waals surface area contributed by atoms with Crippen molar-refractivity contribution in [2.75, 3.05) is 23.3 Å². The van der Waals surface area contributed by atoms with Gasteiger partial charge in [-0.15, -0.1) is 5.10 Å². The van der Waals surface area contributed by atoms with Crippen LogP contribution in [0.15, 0.2) is 59.8 Å². The van der Waals surface area contributed by atoms with Crippen LogP contribution in [0, 0.1) is 0 Å². The summed E-state index contributed by atoms with van der Waals surface area (Å²) in [6, 6.07) is 16.8. The third-order valence-corrected chi connectivity index (χ3v) is 4.65. The predicted octanol–water partition coefficient (Wildman–Crippen LogP) is 2.09. The van der Waals surface area contributed by atoms with Crippen LogP contribution in [-0.4, -0.2) is 39.3 Å². The Bertz CT molecular complexity index is 944. The second-order valence-electron chi connectivity index (χ2n) is 5.88. The minimum atomic E-state index is -0.266. The number of benzene rings is 2. The molecule has 3 rings (SSSR count). The quantitative estimate of drug-likeness (QED) is 0.432. The Morgan fingerprint density at radius 3 is 2.57 bits per heavy atom. The Labute approximate surface area is 166 Å². The predicted molar refractivity (Wildman–Crippen MR) is 109 cm³/mol. The van der Waals surface area contributed by atoms with Gasteiger partial charge in [0.15, 0.2) is 0 Å². The highest BCUT2D eigenvalue weighted by Gasteiger charge is 2.13. The van der Waals surface area contributed by atoms with Gasteiger partial charge in [0, 0.05) is 6.54 Å². The number of hydrogen-bond donors (Lipinski definition) is 4. The SMILES string of the molecule is Nc1nc(SCC(=O)Nc2ccccc2C(=O)NCCc2ccccc2)n[nH]1. The van der Waals surface area contributed by atoms with Gasteiger partial charge in [0.1, 0.15) is 0 Å². The summed E-state index contributed by atoms with van der Waals surface area (Å²) in [5.41, 5.74) is 7.47. The van der Waals surface area contributed by atoms with Crippen molar-refractivity contribution in [1.82, 2.24) is 20.5 Å². The molecule has 0 aliphatic heterocycles. The van der Waals surface area contributed by atoms with E-state index in [4.69, 9.17) is 5.73 Å². The van der Waals surface area contributed by atoms with Crippen molar-refractivity contribution < 1.29 is 9.59 Å². The molecule has 1 aromatic heterocycles. The van der Waals surface area contributed by atoms with Crippen LogP contribution in [0.3, 0.4) is 0 Å². The fourth-order valence-corrected chi connectivity index (χ4v) is 3.09. The topological polar surface area (TPSA) is 126 Å². The van der Waals surface area contributed by atoms with Crippen LogP contribution < -0.4 is 16.4 Å². The van der Waals surface area contributed by atoms with E-state index in [-0.39, 0.29) is 23.5 Å². The van der Waals surface area contributed by atoms with E-state index in [1.807, 2.05) is 30.3 Å². The number of amides is 2. The highest BCUT2D eigenvalue weighted by atomic mass is 32.2. The van der Waals surface area contributed by atoms with E-state index in [0.717, 1.165) is 23.7 Å². The van der Waals surface area contributed by atoms with E-state index in [1.165, 1.54) is 0 Å². The fourth-order valence-electron chi connectivity index (χ4n) is 2.49. The Morgan fingerprint density at radius 2 is 1.82 bits per heavy atom. The number of H-pyrrole nitrogens is 1. The molecule has 0 radical (unpaired) electrons. The minimum Gasteiger partial charge on any atom is -0.368 e. The van der Waals surface area contributed by atoms with E-state index < -0.39 is 0 Å². The van der Waals surface area contributed by atoms with Gasteiger partial charge in [0.2, 0.25) is 17.0 Å². The van der Waals surface area contributed by atoms with Gasteiger partial charge in [-0.3, -0.25) is 9.59 Å². The number of nitrogens with zero attached hydrogens (tertiary/aromatic N) is 2. The molecule has 0 aliphatic carbocycles. The van der Waals surface area contributed by atoms with Crippen LogP contribution >= 0.6 is 11.8 Å². The Hall–Kier alpha value is -3.33. The van der Waals surface area contributed by atoms with Gasteiger partial charge in [-0.25, -0.2) is 5.10 Å². The Kier molecular flexibility index (Phi) is 6.64. The maximum Gasteiger partial charge on any atom is 0.253 e. The summed E-state index contributed by atoms with van der Waals surface area (Å²) >= 11 is 1.15. The minimum absolute atomic E-state index is 0.0985. The van der Waals surface area contributed by atoms with Gasteiger partial charge < -0.3 is 16.4 Å². The molecule has 1 heterocycles. The summed E-state index contributed by atoms with van der Waals surface area (Å²) < 4.78 is 0. The Balaban J connectivity index is 1.54. The maximum atomic E-state index is 12.5. The van der Waals surface area contributed by atoms with E-state index in [2.05, 4.69) is 25.8 Å². The molecule has 2 aromatic carbocycles. The highest BCUT2D eigenvalue weighted by molar-refractivity contribution is 7.99. The molecule has 0 aliphatic rings. The molecule has 0 spiro atoms. The van der Waals surface area contributed by atoms with Gasteiger partial charge in [0.25, 0.3) is 5.91 Å². The van der Waals surface area contributed by atoms with Crippen LogP contribution in [0.4, 0.5) is 11.6 Å². The van der Waals surface area contributed by atoms with Crippen molar-refractivity contribution in [3.63, 3.8) is 0 Å². The third-order valence-electron chi connectivity index (χ3n) is 3.80. The number of aromatic amines is 1. The lowest BCUT2D eigenvalue weighted by Crippen LogP contribution is -2.27. The number of hydrogen-bond acceptors (Lipinski definition) is 6. The fraction of sp³-hybridized carbons (Fsp3) is 0.158. The zero-order valence-electron chi connectivity index (χ0n) is 15.0. The lowest BCUT2D eigenvalue weighted by molar-refractivity contribution is -0.113. The average molecular weight is 396 g/mol. The van der Waals surface area contributed by atoms with Crippen molar-refractivity contribution >= 4 is 35.2 Å². The van der Waals surface area contributed by atoms with Gasteiger partial charge >= 0.3 is 0 Å². The van der Waals surface area contributed by atoms with Gasteiger partial charge in [-0.2, -0.15) is 4.98 Å². The van der Waals surface area contributed by atoms with E-state index in [0.29, 0.717) is 23.0 Å². The van der Waals surface area contributed by atoms with Crippen LogP contribution in [-0.2, 0) is 11.2 Å². The number of carbonyl (C=O) groups excluding carboxylic acids is 2. The molecule has 0 saturated heterocycles. The first-order valence-corrected chi connectivity index (χ1v) is 9.62. The number of nitrogens with two attached hydrogens (primary N) is 1. The lowest BCUT2D eigenvalue weighted by atomic mass is 10.1. The third kappa shape index (κ3) is 5.58. The lowest BCUT2D eigenvalue weighted by Gasteiger charge is -2.11. The first-order valence-electron chi connectivity index (χ1n) is 8.63. The first kappa shape index (κ1) is 19.4. The number of aromatic nitrogens is 3. The smallest absolute Gasteiger partial charge is 0.253 e. The van der Waals surface area contributed by atoms with Crippen molar-refractivity contribution in [2.24, 2.45) is 0 Å². The molecule has 5 N–H and O–H groups in total. The van der Waals surface area contributed by atoms with Crippen LogP contribution in [0.5, 0.6) is 0 Å². The summed E-state index contributed by atoms with van der Waals surface area (Å²) in [6.07, 6.45) is 0.734. The van der Waals surface area contributed by atoms with E-state index >= 15 is 0 Å². The number of thioether (sulfide) groups is 1. The second kappa shape index (κ2) is 9.56. The van der Waals surface area contributed by atoms with Crippen LogP contribution in [0.25, 0.3) is 0 Å². The zero-order valence-corrected chi connectivity index (χ0v) is 15.8. The summed E-state index contributed by atoms with van der Waals surface area (Å²) in [5.74, 6) is -0.207. The van der Waals surface area contributed by atoms with Crippen molar-refractivity contribution in [3.05, 3.63) is 65.7 Å². The monoisotopic (exact) mass is 396 g/mol. The average Bonchev–Trinajstić information content (AvgIpc) is 3.13. The molecule has 8 nitrogen and oxygen atoms in total. The van der Waals surface area contributed by atoms with Gasteiger partial charge in [0.05, 0.1) is 17.0 Å². The molecule has 0 saturated carbocycles. The van der Waals surface area contributed by atoms with Crippen LogP contribution in [0.1, 0.15) is 15.9 Å². The molecule has 0 fully saturated rings. The molecule has 2 amide bonds.